The van der Waals surface area contributed by atoms with Gasteiger partial charge in [0.05, 0.1) is 12.9 Å². The zero-order valence-electron chi connectivity index (χ0n) is 5.87. The van der Waals surface area contributed by atoms with Gasteiger partial charge in [0.15, 0.2) is 0 Å². The third kappa shape index (κ3) is 1.43. The number of nitrogens with zero attached hydrogens (tertiary/aromatic N) is 2. The number of rotatable bonds is 2. The number of Topliss-reactive ketones (excluding diaryl/α,β-unsaturated/α-hetero) is 1. The number of carbonyl (C=O) groups is 1. The van der Waals surface area contributed by atoms with Gasteiger partial charge in [-0.1, -0.05) is 0 Å². The van der Waals surface area contributed by atoms with Crippen molar-refractivity contribution < 1.29 is 4.79 Å². The summed E-state index contributed by atoms with van der Waals surface area (Å²) >= 11 is 0. The molecule has 0 amide bonds. The Morgan fingerprint density at radius 3 is 3.00 bits per heavy atom. The summed E-state index contributed by atoms with van der Waals surface area (Å²) in [7, 11) is 0. The Bertz CT molecular complexity index is 240. The largest absolute Gasteiger partial charge is 0.327 e. The number of imidazole rings is 1. The molecular weight excluding hydrogens is 128 g/mol. The quantitative estimate of drug-likeness (QED) is 0.600. The summed E-state index contributed by atoms with van der Waals surface area (Å²) in [5, 5.41) is 0. The van der Waals surface area contributed by atoms with Gasteiger partial charge in [-0.3, -0.25) is 4.79 Å². The molecule has 1 radical (unpaired) electrons. The van der Waals surface area contributed by atoms with Gasteiger partial charge in [0.2, 0.25) is 0 Å². The summed E-state index contributed by atoms with van der Waals surface area (Å²) in [5.74, 6) is 0.114. The second kappa shape index (κ2) is 2.64. The van der Waals surface area contributed by atoms with Crippen LogP contribution in [-0.2, 0) is 11.3 Å². The maximum Gasteiger partial charge on any atom is 0.149 e. The molecule has 53 valence electrons. The summed E-state index contributed by atoms with van der Waals surface area (Å²) in [6.07, 6.45) is 3.23. The van der Waals surface area contributed by atoms with Crippen molar-refractivity contribution in [2.45, 2.75) is 13.5 Å². The smallest absolute Gasteiger partial charge is 0.149 e. The van der Waals surface area contributed by atoms with E-state index in [1.165, 1.54) is 0 Å². The van der Waals surface area contributed by atoms with Crippen LogP contribution in [0.1, 0.15) is 12.6 Å². The van der Waals surface area contributed by atoms with Gasteiger partial charge in [0.1, 0.15) is 5.78 Å². The molecule has 0 saturated carbocycles. The highest BCUT2D eigenvalue weighted by Crippen LogP contribution is 1.95. The van der Waals surface area contributed by atoms with Crippen molar-refractivity contribution in [2.75, 3.05) is 0 Å². The van der Waals surface area contributed by atoms with Crippen LogP contribution in [0.15, 0.2) is 12.5 Å². The van der Waals surface area contributed by atoms with Crippen LogP contribution in [0.25, 0.3) is 0 Å². The molecule has 1 aromatic rings. The number of ketones is 1. The van der Waals surface area contributed by atoms with Gasteiger partial charge >= 0.3 is 0 Å². The first-order chi connectivity index (χ1) is 4.70. The van der Waals surface area contributed by atoms with Crippen LogP contribution in [0.2, 0.25) is 0 Å². The van der Waals surface area contributed by atoms with E-state index in [-0.39, 0.29) is 5.78 Å². The Morgan fingerprint density at radius 1 is 1.90 bits per heavy atom. The second-order valence-corrected chi connectivity index (χ2v) is 2.21. The fraction of sp³-hybridized carbons (Fsp3) is 0.286. The Morgan fingerprint density at radius 2 is 2.60 bits per heavy atom. The number of carbonyl (C=O) groups excluding carboxylic acids is 1. The lowest BCUT2D eigenvalue weighted by molar-refractivity contribution is -0.117. The predicted molar refractivity (Wildman–Crippen MR) is 37.4 cm³/mol. The molecule has 0 aliphatic carbocycles. The van der Waals surface area contributed by atoms with Gasteiger partial charge in [0.25, 0.3) is 0 Å². The lowest BCUT2D eigenvalue weighted by Crippen LogP contribution is -2.05. The molecule has 1 heterocycles. The minimum atomic E-state index is 0.114. The number of hydrogen-bond acceptors (Lipinski definition) is 2. The zero-order chi connectivity index (χ0) is 7.56. The van der Waals surface area contributed by atoms with Crippen LogP contribution in [0.5, 0.6) is 0 Å². The standard InChI is InChI=1S/C7H9N2O/c1-6-3-8-5-9(6)4-7(2)10/h3,5H,1,4H2,2H3. The van der Waals surface area contributed by atoms with E-state index < -0.39 is 0 Å². The van der Waals surface area contributed by atoms with Crippen LogP contribution in [0.3, 0.4) is 0 Å². The molecule has 0 aliphatic heterocycles. The summed E-state index contributed by atoms with van der Waals surface area (Å²) in [5.41, 5.74) is 0.773. The first kappa shape index (κ1) is 6.99. The van der Waals surface area contributed by atoms with Crippen LogP contribution >= 0.6 is 0 Å². The normalized spacial score (nSPS) is 9.80. The molecule has 1 aromatic heterocycles. The summed E-state index contributed by atoms with van der Waals surface area (Å²) in [4.78, 5) is 14.4. The lowest BCUT2D eigenvalue weighted by atomic mass is 10.4. The Hall–Kier alpha value is -1.12. The van der Waals surface area contributed by atoms with Gasteiger partial charge in [-0.05, 0) is 13.8 Å². The van der Waals surface area contributed by atoms with Crippen molar-refractivity contribution in [3.8, 4) is 0 Å². The highest BCUT2D eigenvalue weighted by molar-refractivity contribution is 5.75. The molecule has 3 nitrogen and oxygen atoms in total. The van der Waals surface area contributed by atoms with Crippen LogP contribution in [-0.4, -0.2) is 15.3 Å². The highest BCUT2D eigenvalue weighted by atomic mass is 16.1. The van der Waals surface area contributed by atoms with Gasteiger partial charge in [-0.25, -0.2) is 4.98 Å². The number of aromatic nitrogens is 2. The molecule has 1 rings (SSSR count). The van der Waals surface area contributed by atoms with E-state index in [2.05, 4.69) is 11.9 Å². The average Bonchev–Trinajstić information content (AvgIpc) is 2.15. The molecule has 3 heteroatoms. The van der Waals surface area contributed by atoms with Crippen LogP contribution in [0, 0.1) is 6.92 Å². The Labute approximate surface area is 59.7 Å². The fourth-order valence-corrected chi connectivity index (χ4v) is 0.730. The summed E-state index contributed by atoms with van der Waals surface area (Å²) in [6.45, 7) is 5.60. The average molecular weight is 137 g/mol. The van der Waals surface area contributed by atoms with E-state index in [4.69, 9.17) is 0 Å². The monoisotopic (exact) mass is 137 g/mol. The van der Waals surface area contributed by atoms with E-state index in [1.54, 1.807) is 24.0 Å². The van der Waals surface area contributed by atoms with Crippen LogP contribution in [0.4, 0.5) is 0 Å². The van der Waals surface area contributed by atoms with E-state index >= 15 is 0 Å². The van der Waals surface area contributed by atoms with Crippen molar-refractivity contribution in [3.05, 3.63) is 25.1 Å². The van der Waals surface area contributed by atoms with Gasteiger partial charge in [0, 0.05) is 11.9 Å². The second-order valence-electron chi connectivity index (χ2n) is 2.21. The van der Waals surface area contributed by atoms with E-state index in [9.17, 15) is 4.79 Å². The molecule has 0 spiro atoms. The minimum Gasteiger partial charge on any atom is -0.327 e. The molecule has 0 fully saturated rings. The minimum absolute atomic E-state index is 0.114. The van der Waals surface area contributed by atoms with E-state index in [0.29, 0.717) is 6.54 Å². The SMILES string of the molecule is [CH2]c1cncn1CC(C)=O. The third-order valence-corrected chi connectivity index (χ3v) is 1.19. The first-order valence-electron chi connectivity index (χ1n) is 3.01. The molecule has 0 N–H and O–H groups in total. The maximum absolute atomic E-state index is 10.6. The molecule has 0 aromatic carbocycles. The molecule has 0 atom stereocenters. The van der Waals surface area contributed by atoms with Crippen LogP contribution < -0.4 is 0 Å². The molecule has 10 heavy (non-hydrogen) atoms. The first-order valence-corrected chi connectivity index (χ1v) is 3.01. The number of hydrogen-bond donors (Lipinski definition) is 0. The van der Waals surface area contributed by atoms with E-state index in [0.717, 1.165) is 5.69 Å². The van der Waals surface area contributed by atoms with Crippen molar-refractivity contribution in [1.82, 2.24) is 9.55 Å². The van der Waals surface area contributed by atoms with Gasteiger partial charge in [-0.2, -0.15) is 0 Å². The maximum atomic E-state index is 10.6. The molecular formula is C7H9N2O. The van der Waals surface area contributed by atoms with Crippen molar-refractivity contribution in [3.63, 3.8) is 0 Å². The van der Waals surface area contributed by atoms with Crippen molar-refractivity contribution in [2.24, 2.45) is 0 Å². The van der Waals surface area contributed by atoms with E-state index in [1.807, 2.05) is 0 Å². The molecule has 0 bridgehead atoms. The topological polar surface area (TPSA) is 34.9 Å². The van der Waals surface area contributed by atoms with Crippen molar-refractivity contribution >= 4 is 5.78 Å². The predicted octanol–water partition coefficient (Wildman–Crippen LogP) is 0.654. The summed E-state index contributed by atoms with van der Waals surface area (Å²) < 4.78 is 1.71. The zero-order valence-corrected chi connectivity index (χ0v) is 5.87. The van der Waals surface area contributed by atoms with Gasteiger partial charge < -0.3 is 4.57 Å². The van der Waals surface area contributed by atoms with Crippen molar-refractivity contribution in [1.29, 1.82) is 0 Å². The molecule has 0 aliphatic rings. The Balaban J connectivity index is 2.74. The Kier molecular flexibility index (Phi) is 1.85. The summed E-state index contributed by atoms with van der Waals surface area (Å²) in [6, 6.07) is 0. The molecule has 0 saturated heterocycles. The van der Waals surface area contributed by atoms with Gasteiger partial charge in [-0.15, -0.1) is 0 Å². The lowest BCUT2D eigenvalue weighted by Gasteiger charge is -1.98. The highest BCUT2D eigenvalue weighted by Gasteiger charge is 1.97. The fourth-order valence-electron chi connectivity index (χ4n) is 0.730. The molecule has 0 unspecified atom stereocenters. The third-order valence-electron chi connectivity index (χ3n) is 1.19.